The summed E-state index contributed by atoms with van der Waals surface area (Å²) in [6.45, 7) is 4.12. The van der Waals surface area contributed by atoms with E-state index in [1.165, 1.54) is 4.31 Å². The lowest BCUT2D eigenvalue weighted by Crippen LogP contribution is -2.45. The molecule has 0 spiro atoms. The Balaban J connectivity index is 1.74. The molecule has 0 bridgehead atoms. The lowest BCUT2D eigenvalue weighted by molar-refractivity contribution is 0.0913. The number of rotatable bonds is 8. The van der Waals surface area contributed by atoms with Crippen LogP contribution in [0.2, 0.25) is 5.02 Å². The van der Waals surface area contributed by atoms with E-state index in [9.17, 15) is 13.2 Å². The first-order valence-electron chi connectivity index (χ1n) is 10.2. The lowest BCUT2D eigenvalue weighted by atomic mass is 9.94. The van der Waals surface area contributed by atoms with Gasteiger partial charge in [-0.1, -0.05) is 54.1 Å². The number of carbonyl (C=O) groups is 1. The lowest BCUT2D eigenvalue weighted by Gasteiger charge is -2.27. The third-order valence-electron chi connectivity index (χ3n) is 5.00. The second-order valence-corrected chi connectivity index (χ2v) is 10.8. The van der Waals surface area contributed by atoms with Gasteiger partial charge in [-0.3, -0.25) is 9.10 Å². The van der Waals surface area contributed by atoms with Crippen LogP contribution in [-0.2, 0) is 23.0 Å². The monoisotopic (exact) mass is 470 g/mol. The smallest absolute Gasteiger partial charge is 0.251 e. The van der Waals surface area contributed by atoms with Gasteiger partial charge >= 0.3 is 0 Å². The molecule has 0 atom stereocenters. The maximum atomic E-state index is 12.8. The van der Waals surface area contributed by atoms with Crippen LogP contribution in [0.4, 0.5) is 5.69 Å². The zero-order valence-corrected chi connectivity index (χ0v) is 20.0. The summed E-state index contributed by atoms with van der Waals surface area (Å²) in [4.78, 5) is 12.8. The summed E-state index contributed by atoms with van der Waals surface area (Å²) < 4.78 is 26.1. The van der Waals surface area contributed by atoms with E-state index in [4.69, 9.17) is 11.6 Å². The summed E-state index contributed by atoms with van der Waals surface area (Å²) in [5, 5.41) is 3.65. The highest BCUT2D eigenvalue weighted by Gasteiger charge is 2.23. The van der Waals surface area contributed by atoms with Crippen molar-refractivity contribution in [3.8, 4) is 0 Å². The zero-order valence-electron chi connectivity index (χ0n) is 18.4. The number of sulfonamides is 1. The molecule has 3 aromatic rings. The fraction of sp³-hybridized carbons (Fsp3) is 0.240. The van der Waals surface area contributed by atoms with E-state index in [0.717, 1.165) is 17.4 Å². The van der Waals surface area contributed by atoms with Crippen molar-refractivity contribution < 1.29 is 13.2 Å². The molecule has 168 valence electrons. The van der Waals surface area contributed by atoms with Crippen LogP contribution in [0, 0.1) is 0 Å². The van der Waals surface area contributed by atoms with Gasteiger partial charge in [-0.25, -0.2) is 8.42 Å². The molecule has 0 saturated carbocycles. The van der Waals surface area contributed by atoms with Gasteiger partial charge in [0.05, 0.1) is 18.5 Å². The minimum atomic E-state index is -3.52. The first-order valence-corrected chi connectivity index (χ1v) is 12.4. The van der Waals surface area contributed by atoms with Crippen molar-refractivity contribution in [1.29, 1.82) is 0 Å². The Morgan fingerprint density at radius 2 is 1.50 bits per heavy atom. The number of hydrogen-bond donors (Lipinski definition) is 1. The van der Waals surface area contributed by atoms with Gasteiger partial charge < -0.3 is 5.32 Å². The molecule has 1 N–H and O–H groups in total. The molecule has 3 rings (SSSR count). The maximum absolute atomic E-state index is 12.8. The van der Waals surface area contributed by atoms with Crippen molar-refractivity contribution in [3.05, 3.63) is 101 Å². The minimum absolute atomic E-state index is 0.172. The third-order valence-corrected chi connectivity index (χ3v) is 6.39. The standard InChI is InChI=1S/C25H27ClN2O3S/c1-25(2,17-19-7-5-4-6-8-19)27-24(29)21-11-15-23(16-12-21)28(32(3,30)31)18-20-9-13-22(26)14-10-20/h4-16H,17-18H2,1-3H3,(H,27,29). The highest BCUT2D eigenvalue weighted by atomic mass is 35.5. The SMILES string of the molecule is CC(C)(Cc1ccccc1)NC(=O)c1ccc(N(Cc2ccc(Cl)cc2)S(C)(=O)=O)cc1. The predicted molar refractivity (Wildman–Crippen MR) is 131 cm³/mol. The molecule has 5 nitrogen and oxygen atoms in total. The summed E-state index contributed by atoms with van der Waals surface area (Å²) in [6, 6.07) is 23.6. The molecule has 0 aliphatic heterocycles. The topological polar surface area (TPSA) is 66.5 Å². The Morgan fingerprint density at radius 3 is 2.06 bits per heavy atom. The van der Waals surface area contributed by atoms with Crippen molar-refractivity contribution in [2.75, 3.05) is 10.6 Å². The van der Waals surface area contributed by atoms with Crippen LogP contribution in [0.1, 0.15) is 35.3 Å². The molecule has 0 aliphatic carbocycles. The van der Waals surface area contributed by atoms with Crippen LogP contribution in [0.3, 0.4) is 0 Å². The highest BCUT2D eigenvalue weighted by Crippen LogP contribution is 2.22. The molecule has 0 aromatic heterocycles. The Bertz CT molecular complexity index is 1160. The fourth-order valence-electron chi connectivity index (χ4n) is 3.46. The molecule has 7 heteroatoms. The zero-order chi connectivity index (χ0) is 23.4. The highest BCUT2D eigenvalue weighted by molar-refractivity contribution is 7.92. The van der Waals surface area contributed by atoms with Crippen LogP contribution in [0.25, 0.3) is 0 Å². The molecule has 0 fully saturated rings. The van der Waals surface area contributed by atoms with Crippen LogP contribution >= 0.6 is 11.6 Å². The summed E-state index contributed by atoms with van der Waals surface area (Å²) in [5.74, 6) is -0.207. The molecule has 0 radical (unpaired) electrons. The first-order chi connectivity index (χ1) is 15.0. The number of anilines is 1. The Labute approximate surface area is 195 Å². The molecule has 32 heavy (non-hydrogen) atoms. The van der Waals surface area contributed by atoms with Crippen molar-refractivity contribution in [1.82, 2.24) is 5.32 Å². The molecule has 3 aromatic carbocycles. The Morgan fingerprint density at radius 1 is 0.906 bits per heavy atom. The number of nitrogens with one attached hydrogen (secondary N) is 1. The largest absolute Gasteiger partial charge is 0.347 e. The summed E-state index contributed by atoms with van der Waals surface area (Å²) in [5.41, 5.74) is 2.46. The number of nitrogens with zero attached hydrogens (tertiary/aromatic N) is 1. The number of amides is 1. The van der Waals surface area contributed by atoms with Gasteiger partial charge in [-0.15, -0.1) is 0 Å². The van der Waals surface area contributed by atoms with Gasteiger partial charge in [0.25, 0.3) is 5.91 Å². The van der Waals surface area contributed by atoms with Gasteiger partial charge in [-0.05, 0) is 67.8 Å². The minimum Gasteiger partial charge on any atom is -0.347 e. The van der Waals surface area contributed by atoms with Crippen molar-refractivity contribution in [2.24, 2.45) is 0 Å². The van der Waals surface area contributed by atoms with E-state index in [0.29, 0.717) is 22.7 Å². The van der Waals surface area contributed by atoms with Crippen LogP contribution in [0.5, 0.6) is 0 Å². The summed E-state index contributed by atoms with van der Waals surface area (Å²) >= 11 is 5.92. The number of halogens is 1. The van der Waals surface area contributed by atoms with E-state index < -0.39 is 15.6 Å². The molecule has 0 heterocycles. The molecule has 0 aliphatic rings. The molecular weight excluding hydrogens is 444 g/mol. The van der Waals surface area contributed by atoms with Gasteiger partial charge in [0, 0.05) is 16.1 Å². The second-order valence-electron chi connectivity index (χ2n) is 8.44. The van der Waals surface area contributed by atoms with E-state index in [-0.39, 0.29) is 12.5 Å². The van der Waals surface area contributed by atoms with Crippen LogP contribution in [0.15, 0.2) is 78.9 Å². The van der Waals surface area contributed by atoms with Crippen LogP contribution in [-0.4, -0.2) is 26.1 Å². The Hall–Kier alpha value is -2.83. The molecular formula is C25H27ClN2O3S. The quantitative estimate of drug-likeness (QED) is 0.500. The van der Waals surface area contributed by atoms with Gasteiger partial charge in [-0.2, -0.15) is 0 Å². The predicted octanol–water partition coefficient (Wildman–Crippen LogP) is 5.06. The average Bonchev–Trinajstić information content (AvgIpc) is 2.72. The fourth-order valence-corrected chi connectivity index (χ4v) is 4.48. The summed E-state index contributed by atoms with van der Waals surface area (Å²) in [6.07, 6.45) is 1.86. The van der Waals surface area contributed by atoms with E-state index in [1.54, 1.807) is 48.5 Å². The van der Waals surface area contributed by atoms with Gasteiger partial charge in [0.2, 0.25) is 10.0 Å². The van der Waals surface area contributed by atoms with Crippen molar-refractivity contribution in [2.45, 2.75) is 32.4 Å². The Kier molecular flexibility index (Phi) is 7.26. The number of carbonyl (C=O) groups excluding carboxylic acids is 1. The third kappa shape index (κ3) is 6.58. The van der Waals surface area contributed by atoms with E-state index >= 15 is 0 Å². The van der Waals surface area contributed by atoms with Gasteiger partial charge in [0.1, 0.15) is 0 Å². The number of benzene rings is 3. The maximum Gasteiger partial charge on any atom is 0.251 e. The van der Waals surface area contributed by atoms with Crippen molar-refractivity contribution >= 4 is 33.2 Å². The van der Waals surface area contributed by atoms with Crippen molar-refractivity contribution in [3.63, 3.8) is 0 Å². The average molecular weight is 471 g/mol. The van der Waals surface area contributed by atoms with E-state index in [2.05, 4.69) is 5.32 Å². The van der Waals surface area contributed by atoms with Gasteiger partial charge in [0.15, 0.2) is 0 Å². The van der Waals surface area contributed by atoms with Crippen LogP contribution < -0.4 is 9.62 Å². The normalized spacial score (nSPS) is 11.8. The second kappa shape index (κ2) is 9.76. The van der Waals surface area contributed by atoms with E-state index in [1.807, 2.05) is 44.2 Å². The molecule has 0 saturated heterocycles. The molecule has 1 amide bonds. The summed E-state index contributed by atoms with van der Waals surface area (Å²) in [7, 11) is -3.52. The first kappa shape index (κ1) is 23.8. The molecule has 0 unspecified atom stereocenters. The number of hydrogen-bond acceptors (Lipinski definition) is 3.